The quantitative estimate of drug-likeness (QED) is 0.551. The highest BCUT2D eigenvalue weighted by atomic mass is 16.5. The van der Waals surface area contributed by atoms with Crippen molar-refractivity contribution in [3.8, 4) is 0 Å². The number of ether oxygens (including phenoxy) is 1. The Hall–Kier alpha value is -2.66. The van der Waals surface area contributed by atoms with Gasteiger partial charge in [-0.1, -0.05) is 48.5 Å². The van der Waals surface area contributed by atoms with Crippen LogP contribution in [-0.4, -0.2) is 49.1 Å². The molecule has 2 aromatic carbocycles. The molecule has 0 unspecified atom stereocenters. The molecule has 0 atom stereocenters. The molecule has 1 amide bonds. The molecule has 5 nitrogen and oxygen atoms in total. The standard InChI is InChI=1S/C25H32N2O3/c1-4-30-24(29)18-27(15-13-22(14-16-27)21-11-6-5-7-12-21)17-23(28)26-25-19(2)9-8-10-20(25)3/h5-12,22H,4,13-18H2,1-3H3/p+1. The van der Waals surface area contributed by atoms with E-state index < -0.39 is 0 Å². The first kappa shape index (κ1) is 22.0. The number of amides is 1. The van der Waals surface area contributed by atoms with Crippen LogP contribution in [0.15, 0.2) is 48.5 Å². The number of aryl methyl sites for hydroxylation is 2. The minimum atomic E-state index is -0.226. The maximum atomic E-state index is 13.0. The second-order valence-electron chi connectivity index (χ2n) is 8.41. The van der Waals surface area contributed by atoms with Gasteiger partial charge in [-0.3, -0.25) is 4.79 Å². The lowest BCUT2D eigenvalue weighted by atomic mass is 9.88. The SMILES string of the molecule is CCOC(=O)C[N+]1(CC(=O)Nc2c(C)cccc2C)CCC(c2ccccc2)CC1. The van der Waals surface area contributed by atoms with E-state index in [0.717, 1.165) is 42.7 Å². The zero-order chi connectivity index (χ0) is 21.6. The summed E-state index contributed by atoms with van der Waals surface area (Å²) in [5, 5.41) is 3.09. The molecular formula is C25H33N2O3+. The molecule has 0 spiro atoms. The summed E-state index contributed by atoms with van der Waals surface area (Å²) < 4.78 is 5.69. The molecule has 1 N–H and O–H groups in total. The molecule has 0 radical (unpaired) electrons. The Bertz CT molecular complexity index is 851. The zero-order valence-corrected chi connectivity index (χ0v) is 18.3. The normalized spacial score (nSPS) is 21.1. The van der Waals surface area contributed by atoms with Crippen molar-refractivity contribution in [3.63, 3.8) is 0 Å². The number of nitrogens with zero attached hydrogens (tertiary/aromatic N) is 1. The molecule has 1 heterocycles. The maximum Gasteiger partial charge on any atom is 0.361 e. The Kier molecular flexibility index (Phi) is 7.27. The molecule has 1 saturated heterocycles. The monoisotopic (exact) mass is 409 g/mol. The first-order chi connectivity index (χ1) is 14.4. The number of rotatable bonds is 7. The van der Waals surface area contributed by atoms with Crippen molar-refractivity contribution in [2.75, 3.05) is 38.1 Å². The van der Waals surface area contributed by atoms with Gasteiger partial charge in [-0.2, -0.15) is 0 Å². The predicted molar refractivity (Wildman–Crippen MR) is 119 cm³/mol. The topological polar surface area (TPSA) is 55.4 Å². The van der Waals surface area contributed by atoms with Crippen LogP contribution in [-0.2, 0) is 14.3 Å². The Morgan fingerprint density at radius 2 is 1.60 bits per heavy atom. The Morgan fingerprint density at radius 3 is 2.20 bits per heavy atom. The van der Waals surface area contributed by atoms with E-state index in [9.17, 15) is 9.59 Å². The van der Waals surface area contributed by atoms with E-state index in [1.54, 1.807) is 0 Å². The predicted octanol–water partition coefficient (Wildman–Crippen LogP) is 4.20. The average Bonchev–Trinajstić information content (AvgIpc) is 2.72. The van der Waals surface area contributed by atoms with Crippen LogP contribution in [0.5, 0.6) is 0 Å². The number of hydrogen-bond donors (Lipinski definition) is 1. The van der Waals surface area contributed by atoms with Crippen LogP contribution in [0.1, 0.15) is 42.4 Å². The largest absolute Gasteiger partial charge is 0.462 e. The number of carbonyl (C=O) groups is 2. The van der Waals surface area contributed by atoms with Gasteiger partial charge in [-0.15, -0.1) is 0 Å². The van der Waals surface area contributed by atoms with Crippen molar-refractivity contribution in [2.45, 2.75) is 39.5 Å². The van der Waals surface area contributed by atoms with E-state index in [1.165, 1.54) is 5.56 Å². The van der Waals surface area contributed by atoms with Crippen molar-refractivity contribution in [1.29, 1.82) is 0 Å². The lowest BCUT2D eigenvalue weighted by Crippen LogP contribution is -2.58. The molecule has 160 valence electrons. The fourth-order valence-electron chi connectivity index (χ4n) is 4.52. The molecule has 0 aliphatic carbocycles. The second kappa shape index (κ2) is 9.90. The highest BCUT2D eigenvalue weighted by Gasteiger charge is 2.38. The molecule has 30 heavy (non-hydrogen) atoms. The molecule has 5 heteroatoms. The van der Waals surface area contributed by atoms with E-state index in [4.69, 9.17) is 4.74 Å². The fraction of sp³-hybridized carbons (Fsp3) is 0.440. The summed E-state index contributed by atoms with van der Waals surface area (Å²) in [5.74, 6) is 0.201. The number of benzene rings is 2. The van der Waals surface area contributed by atoms with Crippen molar-refractivity contribution in [3.05, 3.63) is 65.2 Å². The van der Waals surface area contributed by atoms with Gasteiger partial charge in [0, 0.05) is 18.5 Å². The Labute approximate surface area is 179 Å². The van der Waals surface area contributed by atoms with Crippen LogP contribution in [0.25, 0.3) is 0 Å². The van der Waals surface area contributed by atoms with E-state index in [2.05, 4.69) is 29.6 Å². The van der Waals surface area contributed by atoms with Gasteiger partial charge < -0.3 is 14.5 Å². The number of anilines is 1. The maximum absolute atomic E-state index is 13.0. The Morgan fingerprint density at radius 1 is 0.967 bits per heavy atom. The second-order valence-corrected chi connectivity index (χ2v) is 8.41. The molecule has 1 aliphatic rings. The number of quaternary nitrogens is 1. The summed E-state index contributed by atoms with van der Waals surface area (Å²) in [5.41, 5.74) is 4.30. The molecular weight excluding hydrogens is 376 g/mol. The molecule has 1 aliphatic heterocycles. The third kappa shape index (κ3) is 5.48. The van der Waals surface area contributed by atoms with Gasteiger partial charge in [0.25, 0.3) is 5.91 Å². The third-order valence-corrected chi connectivity index (χ3v) is 6.17. The number of carbonyl (C=O) groups excluding carboxylic acids is 2. The molecule has 0 saturated carbocycles. The summed E-state index contributed by atoms with van der Waals surface area (Å²) in [6.07, 6.45) is 1.92. The van der Waals surface area contributed by atoms with Crippen molar-refractivity contribution in [1.82, 2.24) is 0 Å². The molecule has 0 bridgehead atoms. The van der Waals surface area contributed by atoms with Crippen molar-refractivity contribution < 1.29 is 18.8 Å². The summed E-state index contributed by atoms with van der Waals surface area (Å²) in [6, 6.07) is 16.5. The summed E-state index contributed by atoms with van der Waals surface area (Å²) >= 11 is 0. The van der Waals surface area contributed by atoms with Crippen LogP contribution in [0.2, 0.25) is 0 Å². The lowest BCUT2D eigenvalue weighted by molar-refractivity contribution is -0.918. The average molecular weight is 410 g/mol. The highest BCUT2D eigenvalue weighted by molar-refractivity contribution is 5.93. The molecule has 2 aromatic rings. The summed E-state index contributed by atoms with van der Waals surface area (Å²) in [6.45, 7) is 8.28. The van der Waals surface area contributed by atoms with E-state index in [0.29, 0.717) is 17.0 Å². The lowest BCUT2D eigenvalue weighted by Gasteiger charge is -2.42. The van der Waals surface area contributed by atoms with Crippen LogP contribution in [0, 0.1) is 13.8 Å². The minimum Gasteiger partial charge on any atom is -0.462 e. The Balaban J connectivity index is 1.72. The van der Waals surface area contributed by atoms with Crippen molar-refractivity contribution in [2.24, 2.45) is 0 Å². The number of piperidine rings is 1. The fourth-order valence-corrected chi connectivity index (χ4v) is 4.52. The van der Waals surface area contributed by atoms with E-state index in [1.807, 2.05) is 45.0 Å². The van der Waals surface area contributed by atoms with Gasteiger partial charge in [-0.25, -0.2) is 4.79 Å². The van der Waals surface area contributed by atoms with E-state index in [-0.39, 0.29) is 25.0 Å². The van der Waals surface area contributed by atoms with Gasteiger partial charge in [0.2, 0.25) is 0 Å². The first-order valence-corrected chi connectivity index (χ1v) is 10.8. The van der Waals surface area contributed by atoms with Gasteiger partial charge in [0.05, 0.1) is 19.7 Å². The zero-order valence-electron chi connectivity index (χ0n) is 18.3. The number of para-hydroxylation sites is 1. The summed E-state index contributed by atoms with van der Waals surface area (Å²) in [4.78, 5) is 25.3. The van der Waals surface area contributed by atoms with Crippen LogP contribution in [0.4, 0.5) is 5.69 Å². The molecule has 1 fully saturated rings. The van der Waals surface area contributed by atoms with Crippen LogP contribution >= 0.6 is 0 Å². The van der Waals surface area contributed by atoms with Gasteiger partial charge >= 0.3 is 5.97 Å². The van der Waals surface area contributed by atoms with Crippen molar-refractivity contribution >= 4 is 17.6 Å². The smallest absolute Gasteiger partial charge is 0.361 e. The first-order valence-electron chi connectivity index (χ1n) is 10.8. The molecule has 0 aromatic heterocycles. The number of hydrogen-bond acceptors (Lipinski definition) is 3. The number of esters is 1. The minimum absolute atomic E-state index is 0.0464. The van der Waals surface area contributed by atoms with Gasteiger partial charge in [0.15, 0.2) is 13.1 Å². The number of likely N-dealkylation sites (tertiary alicyclic amines) is 1. The third-order valence-electron chi connectivity index (χ3n) is 6.17. The van der Waals surface area contributed by atoms with Crippen LogP contribution in [0.3, 0.4) is 0 Å². The van der Waals surface area contributed by atoms with E-state index >= 15 is 0 Å². The van der Waals surface area contributed by atoms with Gasteiger partial charge in [-0.05, 0) is 43.4 Å². The van der Waals surface area contributed by atoms with Gasteiger partial charge in [0.1, 0.15) is 0 Å². The summed E-state index contributed by atoms with van der Waals surface area (Å²) in [7, 11) is 0. The molecule has 3 rings (SSSR count). The van der Waals surface area contributed by atoms with Crippen LogP contribution < -0.4 is 5.32 Å². The number of nitrogens with one attached hydrogen (secondary N) is 1. The highest BCUT2D eigenvalue weighted by Crippen LogP contribution is 2.32.